The SMILES string of the molecule is C1CCCC(C2(C3CCCC4CCCCC43)CCCCCC2)CC1. The summed E-state index contributed by atoms with van der Waals surface area (Å²) in [4.78, 5) is 0. The highest BCUT2D eigenvalue weighted by molar-refractivity contribution is 5.00. The van der Waals surface area contributed by atoms with E-state index in [-0.39, 0.29) is 0 Å². The lowest BCUT2D eigenvalue weighted by Crippen LogP contribution is -2.46. The lowest BCUT2D eigenvalue weighted by atomic mass is 9.51. The largest absolute Gasteiger partial charge is 0.0533 e. The highest BCUT2D eigenvalue weighted by Crippen LogP contribution is 2.59. The van der Waals surface area contributed by atoms with E-state index in [0.29, 0.717) is 0 Å². The van der Waals surface area contributed by atoms with Crippen LogP contribution in [0.15, 0.2) is 0 Å². The molecule has 0 aliphatic heterocycles. The third-order valence-electron chi connectivity index (χ3n) is 9.02. The van der Waals surface area contributed by atoms with Crippen molar-refractivity contribution in [1.29, 1.82) is 0 Å². The molecule has 0 bridgehead atoms. The topological polar surface area (TPSA) is 0 Å². The molecule has 4 aliphatic carbocycles. The van der Waals surface area contributed by atoms with Crippen molar-refractivity contribution in [3.05, 3.63) is 0 Å². The minimum Gasteiger partial charge on any atom is -0.0533 e. The molecule has 0 nitrogen and oxygen atoms in total. The van der Waals surface area contributed by atoms with E-state index in [1.807, 2.05) is 0 Å². The zero-order valence-corrected chi connectivity index (χ0v) is 16.2. The predicted octanol–water partition coefficient (Wildman–Crippen LogP) is 7.90. The molecule has 0 spiro atoms. The fourth-order valence-corrected chi connectivity index (χ4v) is 7.98. The Morgan fingerprint density at radius 3 is 1.79 bits per heavy atom. The van der Waals surface area contributed by atoms with E-state index in [1.54, 1.807) is 96.3 Å². The third-order valence-corrected chi connectivity index (χ3v) is 9.02. The van der Waals surface area contributed by atoms with Crippen LogP contribution in [0.5, 0.6) is 0 Å². The highest BCUT2D eigenvalue weighted by Gasteiger charge is 2.50. The Kier molecular flexibility index (Phi) is 5.90. The van der Waals surface area contributed by atoms with Crippen LogP contribution in [-0.4, -0.2) is 0 Å². The van der Waals surface area contributed by atoms with Crippen molar-refractivity contribution in [3.63, 3.8) is 0 Å². The lowest BCUT2D eigenvalue weighted by Gasteiger charge is -2.54. The van der Waals surface area contributed by atoms with Gasteiger partial charge >= 0.3 is 0 Å². The van der Waals surface area contributed by atoms with Crippen LogP contribution in [0.3, 0.4) is 0 Å². The molecule has 0 amide bonds. The molecule has 0 heterocycles. The van der Waals surface area contributed by atoms with Crippen molar-refractivity contribution in [1.82, 2.24) is 0 Å². The molecular formula is C24H42. The van der Waals surface area contributed by atoms with Crippen LogP contribution in [-0.2, 0) is 0 Å². The Hall–Kier alpha value is 0. The normalized spacial score (nSPS) is 38.8. The van der Waals surface area contributed by atoms with Crippen LogP contribution in [0, 0.1) is 29.1 Å². The van der Waals surface area contributed by atoms with E-state index in [0.717, 1.165) is 29.1 Å². The van der Waals surface area contributed by atoms with Gasteiger partial charge in [-0.3, -0.25) is 0 Å². The number of rotatable bonds is 2. The first-order valence-corrected chi connectivity index (χ1v) is 11.9. The summed E-state index contributed by atoms with van der Waals surface area (Å²) in [6.45, 7) is 0. The van der Waals surface area contributed by atoms with Gasteiger partial charge in [-0.1, -0.05) is 83.5 Å². The average Bonchev–Trinajstić information content (AvgIpc) is 3.05. The highest BCUT2D eigenvalue weighted by atomic mass is 14.5. The van der Waals surface area contributed by atoms with Crippen LogP contribution in [0.1, 0.15) is 122 Å². The summed E-state index contributed by atoms with van der Waals surface area (Å²) in [6, 6.07) is 0. The molecule has 3 atom stereocenters. The Balaban J connectivity index is 1.62. The molecule has 24 heavy (non-hydrogen) atoms. The van der Waals surface area contributed by atoms with E-state index >= 15 is 0 Å². The first-order chi connectivity index (χ1) is 11.9. The second kappa shape index (κ2) is 8.13. The lowest BCUT2D eigenvalue weighted by molar-refractivity contribution is -0.0486. The minimum absolute atomic E-state index is 0.779. The van der Waals surface area contributed by atoms with Crippen molar-refractivity contribution in [2.75, 3.05) is 0 Å². The Morgan fingerprint density at radius 2 is 1.04 bits per heavy atom. The summed E-state index contributed by atoms with van der Waals surface area (Å²) < 4.78 is 0. The third kappa shape index (κ3) is 3.45. The van der Waals surface area contributed by atoms with Gasteiger partial charge in [0, 0.05) is 0 Å². The van der Waals surface area contributed by atoms with E-state index in [9.17, 15) is 0 Å². The maximum Gasteiger partial charge on any atom is -0.0238 e. The second-order valence-electron chi connectivity index (χ2n) is 10.1. The molecule has 0 aromatic heterocycles. The van der Waals surface area contributed by atoms with Crippen LogP contribution in [0.25, 0.3) is 0 Å². The maximum absolute atomic E-state index is 1.62. The van der Waals surface area contributed by atoms with Gasteiger partial charge in [0.2, 0.25) is 0 Å². The van der Waals surface area contributed by atoms with E-state index in [2.05, 4.69) is 0 Å². The van der Waals surface area contributed by atoms with Crippen molar-refractivity contribution in [2.24, 2.45) is 29.1 Å². The minimum atomic E-state index is 0.779. The van der Waals surface area contributed by atoms with Gasteiger partial charge in [0.15, 0.2) is 0 Å². The van der Waals surface area contributed by atoms with Gasteiger partial charge in [0.25, 0.3) is 0 Å². The average molecular weight is 331 g/mol. The zero-order valence-electron chi connectivity index (χ0n) is 16.2. The van der Waals surface area contributed by atoms with Crippen LogP contribution >= 0.6 is 0 Å². The Morgan fingerprint density at radius 1 is 0.458 bits per heavy atom. The molecule has 0 N–H and O–H groups in total. The van der Waals surface area contributed by atoms with E-state index in [1.165, 1.54) is 25.7 Å². The quantitative estimate of drug-likeness (QED) is 0.451. The standard InChI is InChI=1S/C24H42/c1-2-6-15-21(14-5-1)24(18-9-3-4-10-19-24)23-17-11-13-20-12-7-8-16-22(20)23/h20-23H,1-19H2. The zero-order chi connectivity index (χ0) is 16.2. The molecule has 4 rings (SSSR count). The van der Waals surface area contributed by atoms with Gasteiger partial charge in [-0.15, -0.1) is 0 Å². The first kappa shape index (κ1) is 17.4. The van der Waals surface area contributed by atoms with E-state index in [4.69, 9.17) is 0 Å². The van der Waals surface area contributed by atoms with Crippen LogP contribution in [0.2, 0.25) is 0 Å². The number of hydrogen-bond acceptors (Lipinski definition) is 0. The molecule has 4 aliphatic rings. The molecule has 3 unspecified atom stereocenters. The van der Waals surface area contributed by atoms with Gasteiger partial charge < -0.3 is 0 Å². The summed E-state index contributed by atoms with van der Waals surface area (Å²) in [5.74, 6) is 4.48. The van der Waals surface area contributed by atoms with Gasteiger partial charge in [0.1, 0.15) is 0 Å². The summed E-state index contributed by atoms with van der Waals surface area (Å²) in [5, 5.41) is 0. The predicted molar refractivity (Wildman–Crippen MR) is 104 cm³/mol. The summed E-state index contributed by atoms with van der Waals surface area (Å²) >= 11 is 0. The smallest absolute Gasteiger partial charge is 0.0238 e. The second-order valence-corrected chi connectivity index (χ2v) is 10.1. The number of fused-ring (bicyclic) bond motifs is 1. The first-order valence-electron chi connectivity index (χ1n) is 11.9. The molecule has 0 heteroatoms. The molecule has 4 saturated carbocycles. The summed E-state index contributed by atoms with van der Waals surface area (Å²) in [5.41, 5.74) is 0.779. The Labute approximate surface area is 151 Å². The molecule has 0 aromatic carbocycles. The number of hydrogen-bond donors (Lipinski definition) is 0. The Bertz CT molecular complexity index is 365. The maximum atomic E-state index is 1.62. The molecule has 0 saturated heterocycles. The van der Waals surface area contributed by atoms with Gasteiger partial charge in [0.05, 0.1) is 0 Å². The van der Waals surface area contributed by atoms with E-state index < -0.39 is 0 Å². The monoisotopic (exact) mass is 330 g/mol. The molecule has 138 valence electrons. The summed E-state index contributed by atoms with van der Waals surface area (Å²) in [6.07, 6.45) is 29.8. The van der Waals surface area contributed by atoms with Crippen molar-refractivity contribution in [3.8, 4) is 0 Å². The fourth-order valence-electron chi connectivity index (χ4n) is 7.98. The van der Waals surface area contributed by atoms with Crippen LogP contribution in [0.4, 0.5) is 0 Å². The molecule has 4 fully saturated rings. The van der Waals surface area contributed by atoms with Crippen LogP contribution < -0.4 is 0 Å². The molecule has 0 radical (unpaired) electrons. The molecular weight excluding hydrogens is 288 g/mol. The fraction of sp³-hybridized carbons (Fsp3) is 1.00. The van der Waals surface area contributed by atoms with Crippen molar-refractivity contribution < 1.29 is 0 Å². The van der Waals surface area contributed by atoms with Crippen molar-refractivity contribution >= 4 is 0 Å². The van der Waals surface area contributed by atoms with Gasteiger partial charge in [-0.25, -0.2) is 0 Å². The van der Waals surface area contributed by atoms with Gasteiger partial charge in [-0.2, -0.15) is 0 Å². The molecule has 0 aromatic rings. The summed E-state index contributed by atoms with van der Waals surface area (Å²) in [7, 11) is 0. The van der Waals surface area contributed by atoms with Crippen molar-refractivity contribution in [2.45, 2.75) is 122 Å². The van der Waals surface area contributed by atoms with Gasteiger partial charge in [-0.05, 0) is 67.6 Å².